The number of Topliss-reactive ketones (excluding diaryl/α,β-unsaturated/α-hetero) is 1. The number of carbonyl (C=O) groups is 2. The SMILES string of the molecule is COc1ccc(Cc2nc3cc4c(C)c(C(C)=O)c(=O)oc4cc3n2Cc2cccc(I)c2)cc1.COc1ccc(Cc2nc3cc4c(C)c(C(N)=O)c(=O)oc4cc3n2Cc2ccc(I)cc2)cc1. The summed E-state index contributed by atoms with van der Waals surface area (Å²) in [6.45, 7) is 6.09. The molecule has 0 spiro atoms. The van der Waals surface area contributed by atoms with Gasteiger partial charge in [-0.3, -0.25) is 9.59 Å². The van der Waals surface area contributed by atoms with Gasteiger partial charge in [0.25, 0.3) is 5.91 Å². The minimum Gasteiger partial charge on any atom is -0.497 e. The second-order valence-electron chi connectivity index (χ2n) is 16.9. The van der Waals surface area contributed by atoms with E-state index in [0.717, 1.165) is 80.0 Å². The van der Waals surface area contributed by atoms with Crippen LogP contribution < -0.4 is 26.5 Å². The summed E-state index contributed by atoms with van der Waals surface area (Å²) in [6, 6.07) is 40.0. The summed E-state index contributed by atoms with van der Waals surface area (Å²) >= 11 is 4.60. The third kappa shape index (κ3) is 9.85. The highest BCUT2D eigenvalue weighted by Gasteiger charge is 2.21. The second kappa shape index (κ2) is 20.1. The Labute approximate surface area is 428 Å². The van der Waals surface area contributed by atoms with E-state index in [2.05, 4.69) is 96.8 Å². The molecule has 70 heavy (non-hydrogen) atoms. The molecule has 352 valence electrons. The molecule has 13 nitrogen and oxygen atoms in total. The van der Waals surface area contributed by atoms with Gasteiger partial charge in [-0.2, -0.15) is 0 Å². The van der Waals surface area contributed by atoms with E-state index >= 15 is 0 Å². The van der Waals surface area contributed by atoms with Crippen molar-refractivity contribution in [2.24, 2.45) is 5.73 Å². The molecule has 0 unspecified atom stereocenters. The molecule has 0 aliphatic rings. The number of primary amides is 1. The summed E-state index contributed by atoms with van der Waals surface area (Å²) in [4.78, 5) is 58.7. The molecule has 4 heterocycles. The predicted molar refractivity (Wildman–Crippen MR) is 288 cm³/mol. The molecule has 2 N–H and O–H groups in total. The van der Waals surface area contributed by atoms with Crippen LogP contribution in [0, 0.1) is 21.0 Å². The normalized spacial score (nSPS) is 11.3. The molecule has 0 saturated carbocycles. The number of methoxy groups -OCH3 is 2. The first-order chi connectivity index (χ1) is 33.7. The number of aromatic nitrogens is 4. The number of aryl methyl sites for hydroxylation is 2. The predicted octanol–water partition coefficient (Wildman–Crippen LogP) is 10.7. The maximum absolute atomic E-state index is 12.5. The standard InChI is InChI=1S/C28H23IN2O4.C27H22IN3O4/c1-16-22-13-23-24(14-25(22)35-28(33)27(16)17(2)32)31(15-19-5-4-6-20(29)11-19)26(30-23)12-18-7-9-21(34-3)10-8-18;1-15-20-12-21-22(13-23(20)35-27(33)25(15)26(29)32)31(14-17-3-7-18(28)8-4-17)24(30-21)11-16-5-9-19(34-2)10-6-16/h4-11,13-14H,12,15H2,1-3H3;3-10,12-13H,11,14H2,1-2H3,(H2,29,32). The van der Waals surface area contributed by atoms with Gasteiger partial charge in [0, 0.05) is 56.0 Å². The first-order valence-corrected chi connectivity index (χ1v) is 24.3. The van der Waals surface area contributed by atoms with Gasteiger partial charge < -0.3 is 33.2 Å². The summed E-state index contributed by atoms with van der Waals surface area (Å²) in [5.74, 6) is 2.26. The van der Waals surface area contributed by atoms with Crippen LogP contribution in [0.3, 0.4) is 0 Å². The van der Waals surface area contributed by atoms with Crippen molar-refractivity contribution >= 4 is 101 Å². The molecular formula is C55H45I2N5O8. The van der Waals surface area contributed by atoms with Gasteiger partial charge in [-0.05, 0) is 160 Å². The number of amides is 1. The maximum atomic E-state index is 12.5. The summed E-state index contributed by atoms with van der Waals surface area (Å²) < 4.78 is 28.3. The number of nitrogens with two attached hydrogens (primary N) is 1. The molecule has 0 aliphatic heterocycles. The largest absolute Gasteiger partial charge is 0.497 e. The third-order valence-corrected chi connectivity index (χ3v) is 13.7. The van der Waals surface area contributed by atoms with Gasteiger partial charge >= 0.3 is 11.3 Å². The number of hydrogen-bond acceptors (Lipinski definition) is 10. The highest BCUT2D eigenvalue weighted by atomic mass is 127. The quantitative estimate of drug-likeness (QED) is 0.0704. The van der Waals surface area contributed by atoms with Crippen LogP contribution in [-0.4, -0.2) is 45.0 Å². The average Bonchev–Trinajstić information content (AvgIpc) is 3.83. The van der Waals surface area contributed by atoms with Gasteiger partial charge in [0.2, 0.25) is 0 Å². The van der Waals surface area contributed by atoms with Crippen LogP contribution >= 0.6 is 45.2 Å². The van der Waals surface area contributed by atoms with Crippen LogP contribution in [0.5, 0.6) is 11.5 Å². The molecule has 0 bridgehead atoms. The van der Waals surface area contributed by atoms with Gasteiger partial charge in [0.15, 0.2) is 5.78 Å². The average molecular weight is 1160 g/mol. The number of imidazole rings is 2. The fourth-order valence-electron chi connectivity index (χ4n) is 8.79. The van der Waals surface area contributed by atoms with E-state index in [9.17, 15) is 19.2 Å². The highest BCUT2D eigenvalue weighted by molar-refractivity contribution is 14.1. The van der Waals surface area contributed by atoms with Crippen molar-refractivity contribution in [3.8, 4) is 11.5 Å². The summed E-state index contributed by atoms with van der Waals surface area (Å²) in [7, 11) is 3.29. The minimum absolute atomic E-state index is 0.0913. The molecule has 15 heteroatoms. The molecule has 4 aromatic heterocycles. The van der Waals surface area contributed by atoms with Gasteiger partial charge in [-0.1, -0.05) is 48.5 Å². The number of carbonyl (C=O) groups excluding carboxylic acids is 2. The van der Waals surface area contributed by atoms with Crippen LogP contribution in [0.15, 0.2) is 140 Å². The van der Waals surface area contributed by atoms with Crippen molar-refractivity contribution in [1.82, 2.24) is 19.1 Å². The van der Waals surface area contributed by atoms with E-state index in [0.29, 0.717) is 53.6 Å². The Morgan fingerprint density at radius 3 is 1.50 bits per heavy atom. The van der Waals surface area contributed by atoms with E-state index in [1.165, 1.54) is 6.92 Å². The zero-order chi connectivity index (χ0) is 49.4. The molecule has 6 aromatic carbocycles. The Morgan fingerprint density at radius 1 is 0.586 bits per heavy atom. The lowest BCUT2D eigenvalue weighted by atomic mass is 10.0. The summed E-state index contributed by atoms with van der Waals surface area (Å²) in [6.07, 6.45) is 1.23. The van der Waals surface area contributed by atoms with Crippen molar-refractivity contribution in [2.45, 2.75) is 46.7 Å². The highest BCUT2D eigenvalue weighted by Crippen LogP contribution is 2.31. The Hall–Kier alpha value is -7.12. The third-order valence-electron chi connectivity index (χ3n) is 12.4. The Morgan fingerprint density at radius 2 is 1.04 bits per heavy atom. The molecule has 0 fully saturated rings. The van der Waals surface area contributed by atoms with Crippen LogP contribution in [-0.2, 0) is 25.9 Å². The molecule has 0 atom stereocenters. The van der Waals surface area contributed by atoms with Crippen molar-refractivity contribution in [3.05, 3.63) is 205 Å². The first kappa shape index (κ1) is 47.9. The van der Waals surface area contributed by atoms with Crippen molar-refractivity contribution in [1.29, 1.82) is 0 Å². The zero-order valence-corrected chi connectivity index (χ0v) is 43.1. The summed E-state index contributed by atoms with van der Waals surface area (Å²) in [5.41, 5.74) is 13.7. The summed E-state index contributed by atoms with van der Waals surface area (Å²) in [5, 5.41) is 1.36. The van der Waals surface area contributed by atoms with Gasteiger partial charge in [-0.25, -0.2) is 19.6 Å². The van der Waals surface area contributed by atoms with E-state index in [1.807, 2.05) is 78.9 Å². The number of ether oxygens (including phenoxy) is 2. The Kier molecular flexibility index (Phi) is 13.7. The molecule has 1 amide bonds. The second-order valence-corrected chi connectivity index (χ2v) is 19.4. The van der Waals surface area contributed by atoms with Gasteiger partial charge in [-0.15, -0.1) is 0 Å². The fourth-order valence-corrected chi connectivity index (χ4v) is 9.76. The Balaban J connectivity index is 0.000000174. The molecule has 10 rings (SSSR count). The van der Waals surface area contributed by atoms with Gasteiger partial charge in [0.05, 0.1) is 36.3 Å². The number of halogens is 2. The van der Waals surface area contributed by atoms with Gasteiger partial charge in [0.1, 0.15) is 45.4 Å². The van der Waals surface area contributed by atoms with E-state index < -0.39 is 17.2 Å². The monoisotopic (exact) mass is 1160 g/mol. The molecular weight excluding hydrogens is 1110 g/mol. The molecule has 0 aliphatic carbocycles. The molecule has 0 saturated heterocycles. The molecule has 10 aromatic rings. The first-order valence-electron chi connectivity index (χ1n) is 22.2. The molecule has 0 radical (unpaired) electrons. The topological polar surface area (TPSA) is 175 Å². The minimum atomic E-state index is -0.803. The van der Waals surface area contributed by atoms with Crippen LogP contribution in [0.4, 0.5) is 0 Å². The van der Waals surface area contributed by atoms with Crippen LogP contribution in [0.1, 0.15) is 72.7 Å². The smallest absolute Gasteiger partial charge is 0.349 e. The number of benzene rings is 6. The lowest BCUT2D eigenvalue weighted by molar-refractivity contribution is 0.0992. The van der Waals surface area contributed by atoms with E-state index in [1.54, 1.807) is 28.1 Å². The van der Waals surface area contributed by atoms with Crippen molar-refractivity contribution in [3.63, 3.8) is 0 Å². The number of hydrogen-bond donors (Lipinski definition) is 1. The van der Waals surface area contributed by atoms with Crippen molar-refractivity contribution < 1.29 is 27.9 Å². The van der Waals surface area contributed by atoms with Crippen LogP contribution in [0.25, 0.3) is 44.0 Å². The number of ketones is 1. The fraction of sp³-hybridized carbons (Fsp3) is 0.164. The van der Waals surface area contributed by atoms with E-state index in [4.69, 9.17) is 34.0 Å². The van der Waals surface area contributed by atoms with Crippen LogP contribution in [0.2, 0.25) is 0 Å². The zero-order valence-electron chi connectivity index (χ0n) is 38.8. The lowest BCUT2D eigenvalue weighted by Crippen LogP contribution is -2.22. The van der Waals surface area contributed by atoms with Crippen molar-refractivity contribution in [2.75, 3.05) is 14.2 Å². The number of rotatable bonds is 12. The maximum Gasteiger partial charge on any atom is 0.349 e. The lowest BCUT2D eigenvalue weighted by Gasteiger charge is -2.11. The Bertz CT molecular complexity index is 3780. The number of nitrogens with zero attached hydrogens (tertiary/aromatic N) is 4. The van der Waals surface area contributed by atoms with E-state index in [-0.39, 0.29) is 16.9 Å². The number of fused-ring (bicyclic) bond motifs is 4.